The standard InChI is InChI=1S/C17H18N4O2/c1-12-4-6-14(7-5-12)21-10-8-15(16(21)22)20-17(23)19-13-3-2-9-18-11-13/h2-7,9,11,15H,8,10H2,1H3,(H2,19,20,23). The van der Waals surface area contributed by atoms with Crippen molar-refractivity contribution in [2.45, 2.75) is 19.4 Å². The third kappa shape index (κ3) is 3.48. The number of urea groups is 1. The maximum Gasteiger partial charge on any atom is 0.319 e. The molecular weight excluding hydrogens is 292 g/mol. The Balaban J connectivity index is 1.61. The maximum absolute atomic E-state index is 12.4. The lowest BCUT2D eigenvalue weighted by Gasteiger charge is -2.17. The molecule has 3 amide bonds. The van der Waals surface area contributed by atoms with Crippen molar-refractivity contribution in [2.24, 2.45) is 0 Å². The molecule has 0 aliphatic carbocycles. The van der Waals surface area contributed by atoms with E-state index in [-0.39, 0.29) is 5.91 Å². The number of pyridine rings is 1. The van der Waals surface area contributed by atoms with Gasteiger partial charge >= 0.3 is 6.03 Å². The van der Waals surface area contributed by atoms with Crippen LogP contribution in [0.1, 0.15) is 12.0 Å². The summed E-state index contributed by atoms with van der Waals surface area (Å²) in [4.78, 5) is 30.1. The van der Waals surface area contributed by atoms with Gasteiger partial charge in [0.25, 0.3) is 0 Å². The Kier molecular flexibility index (Phi) is 4.23. The zero-order valence-electron chi connectivity index (χ0n) is 12.8. The van der Waals surface area contributed by atoms with Crippen LogP contribution in [-0.2, 0) is 4.79 Å². The number of amides is 3. The molecule has 6 heteroatoms. The van der Waals surface area contributed by atoms with Gasteiger partial charge in [-0.2, -0.15) is 0 Å². The molecule has 1 aromatic heterocycles. The fraction of sp³-hybridized carbons (Fsp3) is 0.235. The second kappa shape index (κ2) is 6.48. The molecule has 6 nitrogen and oxygen atoms in total. The molecule has 0 saturated carbocycles. The normalized spacial score (nSPS) is 17.2. The quantitative estimate of drug-likeness (QED) is 0.913. The molecule has 1 aliphatic rings. The highest BCUT2D eigenvalue weighted by atomic mass is 16.2. The summed E-state index contributed by atoms with van der Waals surface area (Å²) in [5.41, 5.74) is 2.59. The first-order chi connectivity index (χ1) is 11.1. The number of rotatable bonds is 3. The van der Waals surface area contributed by atoms with Crippen LogP contribution >= 0.6 is 0 Å². The fourth-order valence-corrected chi connectivity index (χ4v) is 2.56. The van der Waals surface area contributed by atoms with Crippen molar-refractivity contribution < 1.29 is 9.59 Å². The first-order valence-corrected chi connectivity index (χ1v) is 7.49. The molecule has 1 aromatic carbocycles. The van der Waals surface area contributed by atoms with Crippen molar-refractivity contribution in [1.29, 1.82) is 0 Å². The lowest BCUT2D eigenvalue weighted by molar-refractivity contribution is -0.118. The van der Waals surface area contributed by atoms with E-state index in [9.17, 15) is 9.59 Å². The van der Waals surface area contributed by atoms with Crippen LogP contribution in [0.3, 0.4) is 0 Å². The SMILES string of the molecule is Cc1ccc(N2CCC(NC(=O)Nc3cccnc3)C2=O)cc1. The third-order valence-corrected chi connectivity index (χ3v) is 3.78. The van der Waals surface area contributed by atoms with E-state index in [0.717, 1.165) is 11.3 Å². The summed E-state index contributed by atoms with van der Waals surface area (Å²) in [6, 6.07) is 10.3. The summed E-state index contributed by atoms with van der Waals surface area (Å²) in [5.74, 6) is -0.0878. The molecule has 2 heterocycles. The molecule has 1 atom stereocenters. The zero-order valence-corrected chi connectivity index (χ0v) is 12.8. The molecule has 0 spiro atoms. The predicted molar refractivity (Wildman–Crippen MR) is 88.3 cm³/mol. The first-order valence-electron chi connectivity index (χ1n) is 7.49. The van der Waals surface area contributed by atoms with Crippen molar-refractivity contribution >= 4 is 23.3 Å². The van der Waals surface area contributed by atoms with Crippen LogP contribution < -0.4 is 15.5 Å². The summed E-state index contributed by atoms with van der Waals surface area (Å²) in [6.45, 7) is 2.60. The van der Waals surface area contributed by atoms with Gasteiger partial charge in [-0.25, -0.2) is 4.79 Å². The Bertz CT molecular complexity index is 700. The molecule has 1 fully saturated rings. The van der Waals surface area contributed by atoms with Gasteiger partial charge in [-0.1, -0.05) is 17.7 Å². The predicted octanol–water partition coefficient (Wildman–Crippen LogP) is 2.32. The molecule has 3 rings (SSSR count). The van der Waals surface area contributed by atoms with E-state index in [1.165, 1.54) is 0 Å². The molecule has 2 aromatic rings. The van der Waals surface area contributed by atoms with Crippen LogP contribution in [0.5, 0.6) is 0 Å². The number of nitrogens with zero attached hydrogens (tertiary/aromatic N) is 2. The van der Waals surface area contributed by atoms with E-state index in [0.29, 0.717) is 18.7 Å². The van der Waals surface area contributed by atoms with Crippen molar-refractivity contribution in [2.75, 3.05) is 16.8 Å². The van der Waals surface area contributed by atoms with Crippen LogP contribution in [0.25, 0.3) is 0 Å². The number of aromatic nitrogens is 1. The van der Waals surface area contributed by atoms with Crippen molar-refractivity contribution in [3.05, 3.63) is 54.4 Å². The number of carbonyl (C=O) groups is 2. The highest BCUT2D eigenvalue weighted by Gasteiger charge is 2.33. The Morgan fingerprint density at radius 1 is 1.26 bits per heavy atom. The van der Waals surface area contributed by atoms with E-state index < -0.39 is 12.1 Å². The van der Waals surface area contributed by atoms with Gasteiger partial charge < -0.3 is 15.5 Å². The minimum absolute atomic E-state index is 0.0878. The highest BCUT2D eigenvalue weighted by Crippen LogP contribution is 2.22. The Hall–Kier alpha value is -2.89. The molecule has 0 bridgehead atoms. The van der Waals surface area contributed by atoms with Gasteiger partial charge in [0.2, 0.25) is 5.91 Å². The van der Waals surface area contributed by atoms with Gasteiger partial charge in [0.15, 0.2) is 0 Å². The molecule has 23 heavy (non-hydrogen) atoms. The largest absolute Gasteiger partial charge is 0.326 e. The number of anilines is 2. The Labute approximate surface area is 134 Å². The molecule has 2 N–H and O–H groups in total. The van der Waals surface area contributed by atoms with Crippen LogP contribution in [0.4, 0.5) is 16.2 Å². The van der Waals surface area contributed by atoms with Gasteiger partial charge in [-0.3, -0.25) is 9.78 Å². The summed E-state index contributed by atoms with van der Waals surface area (Å²) in [5, 5.41) is 5.39. The molecule has 1 saturated heterocycles. The summed E-state index contributed by atoms with van der Waals surface area (Å²) < 4.78 is 0. The van der Waals surface area contributed by atoms with E-state index in [1.807, 2.05) is 31.2 Å². The number of carbonyl (C=O) groups excluding carboxylic acids is 2. The van der Waals surface area contributed by atoms with Crippen LogP contribution in [-0.4, -0.2) is 29.5 Å². The van der Waals surface area contributed by atoms with Crippen LogP contribution in [0, 0.1) is 6.92 Å². The minimum atomic E-state index is -0.507. The van der Waals surface area contributed by atoms with Crippen molar-refractivity contribution in [1.82, 2.24) is 10.3 Å². The minimum Gasteiger partial charge on any atom is -0.326 e. The lowest BCUT2D eigenvalue weighted by Crippen LogP contribution is -2.43. The monoisotopic (exact) mass is 310 g/mol. The molecular formula is C17H18N4O2. The van der Waals surface area contributed by atoms with Gasteiger partial charge in [0.05, 0.1) is 11.9 Å². The lowest BCUT2D eigenvalue weighted by atomic mass is 10.2. The van der Waals surface area contributed by atoms with E-state index >= 15 is 0 Å². The summed E-state index contributed by atoms with van der Waals surface area (Å²) in [7, 11) is 0. The van der Waals surface area contributed by atoms with E-state index in [1.54, 1.807) is 29.4 Å². The van der Waals surface area contributed by atoms with Crippen molar-refractivity contribution in [3.63, 3.8) is 0 Å². The van der Waals surface area contributed by atoms with Gasteiger partial charge in [-0.15, -0.1) is 0 Å². The van der Waals surface area contributed by atoms with Gasteiger partial charge in [-0.05, 0) is 37.6 Å². The van der Waals surface area contributed by atoms with Crippen LogP contribution in [0.15, 0.2) is 48.8 Å². The number of nitrogens with one attached hydrogen (secondary N) is 2. The number of aryl methyl sites for hydroxylation is 1. The number of hydrogen-bond acceptors (Lipinski definition) is 3. The average Bonchev–Trinajstić information content (AvgIpc) is 2.90. The van der Waals surface area contributed by atoms with E-state index in [4.69, 9.17) is 0 Å². The van der Waals surface area contributed by atoms with Crippen molar-refractivity contribution in [3.8, 4) is 0 Å². The third-order valence-electron chi connectivity index (χ3n) is 3.78. The summed E-state index contributed by atoms with van der Waals surface area (Å²) >= 11 is 0. The Morgan fingerprint density at radius 3 is 2.74 bits per heavy atom. The topological polar surface area (TPSA) is 74.3 Å². The zero-order chi connectivity index (χ0) is 16.2. The van der Waals surface area contributed by atoms with Crippen LogP contribution in [0.2, 0.25) is 0 Å². The fourth-order valence-electron chi connectivity index (χ4n) is 2.56. The molecule has 1 aliphatic heterocycles. The second-order valence-electron chi connectivity index (χ2n) is 5.51. The summed E-state index contributed by atoms with van der Waals surface area (Å²) in [6.07, 6.45) is 3.77. The van der Waals surface area contributed by atoms with Gasteiger partial charge in [0.1, 0.15) is 6.04 Å². The maximum atomic E-state index is 12.4. The average molecular weight is 310 g/mol. The highest BCUT2D eigenvalue weighted by molar-refractivity contribution is 6.02. The smallest absolute Gasteiger partial charge is 0.319 e. The number of hydrogen-bond donors (Lipinski definition) is 2. The van der Waals surface area contributed by atoms with E-state index in [2.05, 4.69) is 15.6 Å². The molecule has 1 unspecified atom stereocenters. The molecule has 118 valence electrons. The van der Waals surface area contributed by atoms with Gasteiger partial charge in [0, 0.05) is 18.4 Å². The molecule has 0 radical (unpaired) electrons. The Morgan fingerprint density at radius 2 is 2.04 bits per heavy atom. The first kappa shape index (κ1) is 15.0. The second-order valence-corrected chi connectivity index (χ2v) is 5.51. The number of benzene rings is 1.